The van der Waals surface area contributed by atoms with Crippen LogP contribution in [0.5, 0.6) is 0 Å². The largest absolute Gasteiger partial charge is 0.480 e. The Balaban J connectivity index is 3.13. The van der Waals surface area contributed by atoms with E-state index in [1.807, 2.05) is 0 Å². The fraction of sp³-hybridized carbons (Fsp3) is 0.364. The number of rotatable bonds is 5. The van der Waals surface area contributed by atoms with Gasteiger partial charge in [0.1, 0.15) is 6.04 Å². The molecule has 0 heterocycles. The van der Waals surface area contributed by atoms with Gasteiger partial charge in [-0.15, -0.1) is 0 Å². The number of hydrogen-bond donors (Lipinski definition) is 2. The zero-order valence-electron chi connectivity index (χ0n) is 10.2. The maximum Gasteiger partial charge on any atom is 0.322 e. The zero-order chi connectivity index (χ0) is 14.8. The first-order valence-corrected chi connectivity index (χ1v) is 7.58. The van der Waals surface area contributed by atoms with Gasteiger partial charge < -0.3 is 5.11 Å². The number of sulfonamides is 1. The summed E-state index contributed by atoms with van der Waals surface area (Å²) in [4.78, 5) is 10.8. The highest BCUT2D eigenvalue weighted by Crippen LogP contribution is 2.22. The first-order chi connectivity index (χ1) is 8.63. The molecule has 0 aliphatic heterocycles. The van der Waals surface area contributed by atoms with E-state index >= 15 is 0 Å². The summed E-state index contributed by atoms with van der Waals surface area (Å²) in [5, 5.41) is 9.30. The molecule has 1 atom stereocenters. The molecule has 1 rings (SSSR count). The van der Waals surface area contributed by atoms with Crippen LogP contribution in [0.2, 0.25) is 10.0 Å². The third-order valence-electron chi connectivity index (χ3n) is 2.36. The molecular formula is C11H13Cl2NO4S. The molecule has 0 aliphatic carbocycles. The van der Waals surface area contributed by atoms with Gasteiger partial charge in [0, 0.05) is 10.0 Å². The molecule has 0 fully saturated rings. The molecule has 1 aromatic carbocycles. The molecular weight excluding hydrogens is 313 g/mol. The van der Waals surface area contributed by atoms with E-state index in [9.17, 15) is 13.2 Å². The van der Waals surface area contributed by atoms with Gasteiger partial charge in [0.2, 0.25) is 10.0 Å². The maximum atomic E-state index is 12.1. The Bertz CT molecular complexity index is 566. The van der Waals surface area contributed by atoms with E-state index in [0.29, 0.717) is 0 Å². The van der Waals surface area contributed by atoms with E-state index in [1.165, 1.54) is 18.2 Å². The van der Waals surface area contributed by atoms with Crippen LogP contribution in [0.25, 0.3) is 0 Å². The molecule has 0 amide bonds. The summed E-state index contributed by atoms with van der Waals surface area (Å²) in [5.74, 6) is -1.64. The molecule has 0 saturated heterocycles. The van der Waals surface area contributed by atoms with Crippen molar-refractivity contribution in [1.29, 1.82) is 0 Å². The molecule has 0 bridgehead atoms. The summed E-state index contributed by atoms with van der Waals surface area (Å²) in [6.45, 7) is 3.21. The lowest BCUT2D eigenvalue weighted by Gasteiger charge is -2.18. The Hall–Kier alpha value is -0.820. The van der Waals surface area contributed by atoms with Gasteiger partial charge >= 0.3 is 5.97 Å². The quantitative estimate of drug-likeness (QED) is 0.870. The third kappa shape index (κ3) is 4.35. The third-order valence-corrected chi connectivity index (χ3v) is 4.22. The highest BCUT2D eigenvalue weighted by molar-refractivity contribution is 7.89. The first-order valence-electron chi connectivity index (χ1n) is 5.34. The van der Waals surface area contributed by atoms with Gasteiger partial charge in [0.15, 0.2) is 0 Å². The Kier molecular flexibility index (Phi) is 5.20. The molecule has 0 aliphatic rings. The highest BCUT2D eigenvalue weighted by Gasteiger charge is 2.28. The van der Waals surface area contributed by atoms with Crippen LogP contribution >= 0.6 is 23.2 Å². The zero-order valence-corrected chi connectivity index (χ0v) is 12.6. The van der Waals surface area contributed by atoms with Crippen molar-refractivity contribution in [1.82, 2.24) is 4.72 Å². The van der Waals surface area contributed by atoms with E-state index < -0.39 is 28.0 Å². The normalized spacial score (nSPS) is 13.5. The van der Waals surface area contributed by atoms with E-state index in [1.54, 1.807) is 13.8 Å². The maximum absolute atomic E-state index is 12.1. The molecule has 106 valence electrons. The van der Waals surface area contributed by atoms with Gasteiger partial charge in [-0.05, 0) is 24.1 Å². The van der Waals surface area contributed by atoms with Gasteiger partial charge in [-0.3, -0.25) is 4.79 Å². The first kappa shape index (κ1) is 16.2. The van der Waals surface area contributed by atoms with Crippen molar-refractivity contribution < 1.29 is 18.3 Å². The van der Waals surface area contributed by atoms with Gasteiger partial charge in [0.25, 0.3) is 0 Å². The summed E-state index contributed by atoms with van der Waals surface area (Å²) in [6.07, 6.45) is 0. The minimum absolute atomic E-state index is 0.157. The lowest BCUT2D eigenvalue weighted by molar-refractivity contribution is -0.140. The molecule has 1 aromatic rings. The van der Waals surface area contributed by atoms with Crippen molar-refractivity contribution in [2.75, 3.05) is 0 Å². The Labute approximate surface area is 121 Å². The van der Waals surface area contributed by atoms with Crippen molar-refractivity contribution in [2.45, 2.75) is 24.8 Å². The molecule has 0 unspecified atom stereocenters. The number of nitrogens with one attached hydrogen (secondary N) is 1. The van der Waals surface area contributed by atoms with Gasteiger partial charge in [-0.1, -0.05) is 37.0 Å². The fourth-order valence-corrected chi connectivity index (χ4v) is 3.45. The molecule has 0 spiro atoms. The molecule has 0 aromatic heterocycles. The average molecular weight is 326 g/mol. The number of benzene rings is 1. The Morgan fingerprint density at radius 1 is 1.21 bits per heavy atom. The van der Waals surface area contributed by atoms with Crippen molar-refractivity contribution in [3.63, 3.8) is 0 Å². The van der Waals surface area contributed by atoms with Gasteiger partial charge in [-0.2, -0.15) is 4.72 Å². The summed E-state index contributed by atoms with van der Waals surface area (Å²) >= 11 is 11.4. The standard InChI is InChI=1S/C11H13Cl2NO4S/c1-6(2)10(11(15)16)14-19(17,18)9-4-7(12)3-8(13)5-9/h3-6,10,14H,1-2H3,(H,15,16)/t10-/m0/s1. The van der Waals surface area contributed by atoms with Crippen LogP contribution in [0.15, 0.2) is 23.1 Å². The lowest BCUT2D eigenvalue weighted by atomic mass is 10.1. The molecule has 2 N–H and O–H groups in total. The molecule has 0 saturated carbocycles. The SMILES string of the molecule is CC(C)[C@H](NS(=O)(=O)c1cc(Cl)cc(Cl)c1)C(=O)O. The predicted octanol–water partition coefficient (Wildman–Crippen LogP) is 2.38. The van der Waals surface area contributed by atoms with Crippen molar-refractivity contribution in [3.8, 4) is 0 Å². The van der Waals surface area contributed by atoms with E-state index in [-0.39, 0.29) is 14.9 Å². The summed E-state index contributed by atoms with van der Waals surface area (Å²) in [5.41, 5.74) is 0. The van der Waals surface area contributed by atoms with Crippen LogP contribution in [-0.2, 0) is 14.8 Å². The number of carbonyl (C=O) groups is 1. The summed E-state index contributed by atoms with van der Waals surface area (Å²) in [6, 6.07) is 2.58. The number of hydrogen-bond acceptors (Lipinski definition) is 3. The van der Waals surface area contributed by atoms with Gasteiger partial charge in [0.05, 0.1) is 4.90 Å². The second kappa shape index (κ2) is 6.09. The average Bonchev–Trinajstić information content (AvgIpc) is 2.23. The summed E-state index contributed by atoms with van der Waals surface area (Å²) in [7, 11) is -3.99. The number of halogens is 2. The monoisotopic (exact) mass is 325 g/mol. The topological polar surface area (TPSA) is 83.5 Å². The van der Waals surface area contributed by atoms with Crippen LogP contribution in [0.4, 0.5) is 0 Å². The second-order valence-corrected chi connectivity index (χ2v) is 6.87. The fourth-order valence-electron chi connectivity index (χ4n) is 1.39. The minimum atomic E-state index is -3.99. The minimum Gasteiger partial charge on any atom is -0.480 e. The molecule has 19 heavy (non-hydrogen) atoms. The molecule has 8 heteroatoms. The van der Waals surface area contributed by atoms with Crippen LogP contribution in [-0.4, -0.2) is 25.5 Å². The lowest BCUT2D eigenvalue weighted by Crippen LogP contribution is -2.44. The number of carboxylic acid groups (broad SMARTS) is 1. The Morgan fingerprint density at radius 2 is 1.68 bits per heavy atom. The van der Waals surface area contributed by atoms with Crippen LogP contribution in [0.1, 0.15) is 13.8 Å². The summed E-state index contributed by atoms with van der Waals surface area (Å²) < 4.78 is 26.2. The van der Waals surface area contributed by atoms with E-state index in [2.05, 4.69) is 4.72 Å². The number of carboxylic acids is 1. The van der Waals surface area contributed by atoms with Crippen LogP contribution in [0.3, 0.4) is 0 Å². The van der Waals surface area contributed by atoms with Crippen molar-refractivity contribution >= 4 is 39.2 Å². The highest BCUT2D eigenvalue weighted by atomic mass is 35.5. The Morgan fingerprint density at radius 3 is 2.05 bits per heavy atom. The van der Waals surface area contributed by atoms with Gasteiger partial charge in [-0.25, -0.2) is 8.42 Å². The predicted molar refractivity (Wildman–Crippen MR) is 73.0 cm³/mol. The van der Waals surface area contributed by atoms with Crippen molar-refractivity contribution in [2.24, 2.45) is 5.92 Å². The molecule has 0 radical (unpaired) electrons. The smallest absolute Gasteiger partial charge is 0.322 e. The van der Waals surface area contributed by atoms with E-state index in [4.69, 9.17) is 28.3 Å². The van der Waals surface area contributed by atoms with Crippen molar-refractivity contribution in [3.05, 3.63) is 28.2 Å². The van der Waals surface area contributed by atoms with Crippen LogP contribution < -0.4 is 4.72 Å². The number of aliphatic carboxylic acids is 1. The molecule has 5 nitrogen and oxygen atoms in total. The van der Waals surface area contributed by atoms with Crippen LogP contribution in [0, 0.1) is 5.92 Å². The van der Waals surface area contributed by atoms with E-state index in [0.717, 1.165) is 0 Å². The second-order valence-electron chi connectivity index (χ2n) is 4.29.